The highest BCUT2D eigenvalue weighted by molar-refractivity contribution is 5.23. The maximum atomic E-state index is 12.3. The van der Waals surface area contributed by atoms with Crippen molar-refractivity contribution < 1.29 is 13.2 Å². The summed E-state index contributed by atoms with van der Waals surface area (Å²) in [6.07, 6.45) is -3.25. The summed E-state index contributed by atoms with van der Waals surface area (Å²) in [7, 11) is 0. The van der Waals surface area contributed by atoms with Crippen LogP contribution in [0.15, 0.2) is 24.3 Å². The molecule has 118 valence electrons. The van der Waals surface area contributed by atoms with Crippen LogP contribution in [0.2, 0.25) is 0 Å². The zero-order chi connectivity index (χ0) is 15.5. The smallest absolute Gasteiger partial charge is 0.310 e. The minimum Gasteiger partial charge on any atom is -0.310 e. The Morgan fingerprint density at radius 2 is 1.95 bits per heavy atom. The average Bonchev–Trinajstić information content (AvgIpc) is 2.82. The van der Waals surface area contributed by atoms with E-state index in [4.69, 9.17) is 0 Å². The molecule has 2 atom stereocenters. The Bertz CT molecular complexity index is 442. The standard InChI is InChI=1S/C16H23F3N2/c1-12-3-5-15(6-4-12)13(2)20-9-14-7-8-21(10-14)11-16(17,18)19/h3-6,13-14,20H,7-11H2,1-2H3. The quantitative estimate of drug-likeness (QED) is 0.895. The van der Waals surface area contributed by atoms with E-state index in [0.29, 0.717) is 19.0 Å². The minimum absolute atomic E-state index is 0.224. The van der Waals surface area contributed by atoms with Crippen LogP contribution in [0.1, 0.15) is 30.5 Å². The van der Waals surface area contributed by atoms with Crippen molar-refractivity contribution in [2.24, 2.45) is 5.92 Å². The second-order valence-electron chi connectivity index (χ2n) is 6.05. The van der Waals surface area contributed by atoms with E-state index in [-0.39, 0.29) is 6.04 Å². The zero-order valence-corrected chi connectivity index (χ0v) is 12.6. The number of rotatable bonds is 5. The Kier molecular flexibility index (Phi) is 5.27. The van der Waals surface area contributed by atoms with E-state index in [0.717, 1.165) is 13.0 Å². The lowest BCUT2D eigenvalue weighted by molar-refractivity contribution is -0.143. The molecule has 0 amide bonds. The van der Waals surface area contributed by atoms with Gasteiger partial charge in [-0.25, -0.2) is 0 Å². The van der Waals surface area contributed by atoms with E-state index in [1.807, 2.05) is 0 Å². The van der Waals surface area contributed by atoms with Gasteiger partial charge in [0.2, 0.25) is 0 Å². The summed E-state index contributed by atoms with van der Waals surface area (Å²) in [6, 6.07) is 8.57. The summed E-state index contributed by atoms with van der Waals surface area (Å²) in [5.74, 6) is 0.306. The zero-order valence-electron chi connectivity index (χ0n) is 12.6. The van der Waals surface area contributed by atoms with Gasteiger partial charge in [0, 0.05) is 12.6 Å². The molecule has 2 rings (SSSR count). The van der Waals surface area contributed by atoms with Gasteiger partial charge in [-0.3, -0.25) is 4.90 Å². The Labute approximate surface area is 124 Å². The SMILES string of the molecule is Cc1ccc(C(C)NCC2CCN(CC(F)(F)F)C2)cc1. The number of benzene rings is 1. The molecule has 1 heterocycles. The van der Waals surface area contributed by atoms with Crippen molar-refractivity contribution in [1.82, 2.24) is 10.2 Å². The van der Waals surface area contributed by atoms with Crippen molar-refractivity contribution in [2.45, 2.75) is 32.5 Å². The van der Waals surface area contributed by atoms with Crippen LogP contribution < -0.4 is 5.32 Å². The number of hydrogen-bond acceptors (Lipinski definition) is 2. The number of alkyl halides is 3. The fourth-order valence-electron chi connectivity index (χ4n) is 2.79. The summed E-state index contributed by atoms with van der Waals surface area (Å²) >= 11 is 0. The highest BCUT2D eigenvalue weighted by Crippen LogP contribution is 2.23. The predicted molar refractivity (Wildman–Crippen MR) is 78.2 cm³/mol. The van der Waals surface area contributed by atoms with Gasteiger partial charge in [0.05, 0.1) is 6.54 Å². The van der Waals surface area contributed by atoms with Crippen LogP contribution in [-0.2, 0) is 0 Å². The molecule has 1 aliphatic rings. The molecule has 21 heavy (non-hydrogen) atoms. The molecule has 5 heteroatoms. The molecular formula is C16H23F3N2. The Balaban J connectivity index is 1.75. The van der Waals surface area contributed by atoms with Crippen molar-refractivity contribution in [3.8, 4) is 0 Å². The van der Waals surface area contributed by atoms with Crippen LogP contribution in [0.5, 0.6) is 0 Å². The molecule has 1 aromatic carbocycles. The topological polar surface area (TPSA) is 15.3 Å². The number of likely N-dealkylation sites (tertiary alicyclic amines) is 1. The monoisotopic (exact) mass is 300 g/mol. The van der Waals surface area contributed by atoms with Gasteiger partial charge in [-0.2, -0.15) is 13.2 Å². The number of nitrogens with zero attached hydrogens (tertiary/aromatic N) is 1. The maximum Gasteiger partial charge on any atom is 0.401 e. The van der Waals surface area contributed by atoms with Gasteiger partial charge in [-0.15, -0.1) is 0 Å². The Hall–Kier alpha value is -1.07. The lowest BCUT2D eigenvalue weighted by atomic mass is 10.0. The number of halogens is 3. The van der Waals surface area contributed by atoms with E-state index >= 15 is 0 Å². The third-order valence-corrected chi connectivity index (χ3v) is 4.06. The molecule has 1 aliphatic heterocycles. The van der Waals surface area contributed by atoms with E-state index in [1.54, 1.807) is 0 Å². The molecule has 0 saturated carbocycles. The second-order valence-corrected chi connectivity index (χ2v) is 6.05. The first-order valence-corrected chi connectivity index (χ1v) is 7.42. The Morgan fingerprint density at radius 1 is 1.29 bits per heavy atom. The maximum absolute atomic E-state index is 12.3. The molecule has 1 fully saturated rings. The van der Waals surface area contributed by atoms with Gasteiger partial charge >= 0.3 is 6.18 Å². The molecular weight excluding hydrogens is 277 g/mol. The van der Waals surface area contributed by atoms with Crippen LogP contribution >= 0.6 is 0 Å². The van der Waals surface area contributed by atoms with Gasteiger partial charge in [0.1, 0.15) is 0 Å². The van der Waals surface area contributed by atoms with E-state index < -0.39 is 12.7 Å². The molecule has 0 spiro atoms. The first-order chi connectivity index (χ1) is 9.83. The van der Waals surface area contributed by atoms with Gasteiger partial charge < -0.3 is 5.32 Å². The first kappa shape index (κ1) is 16.3. The molecule has 2 nitrogen and oxygen atoms in total. The minimum atomic E-state index is -4.09. The fourth-order valence-corrected chi connectivity index (χ4v) is 2.79. The van der Waals surface area contributed by atoms with Crippen molar-refractivity contribution in [2.75, 3.05) is 26.2 Å². The Morgan fingerprint density at radius 3 is 2.57 bits per heavy atom. The van der Waals surface area contributed by atoms with Gasteiger partial charge in [0.15, 0.2) is 0 Å². The summed E-state index contributed by atoms with van der Waals surface area (Å²) < 4.78 is 37.0. The second kappa shape index (κ2) is 6.79. The lowest BCUT2D eigenvalue weighted by Gasteiger charge is -2.20. The van der Waals surface area contributed by atoms with Crippen LogP contribution in [0.4, 0.5) is 13.2 Å². The number of nitrogens with one attached hydrogen (secondary N) is 1. The van der Waals surface area contributed by atoms with E-state index in [9.17, 15) is 13.2 Å². The average molecular weight is 300 g/mol. The van der Waals surface area contributed by atoms with E-state index in [1.165, 1.54) is 16.0 Å². The molecule has 1 saturated heterocycles. The molecule has 0 aliphatic carbocycles. The summed E-state index contributed by atoms with van der Waals surface area (Å²) in [4.78, 5) is 1.50. The highest BCUT2D eigenvalue weighted by atomic mass is 19.4. The predicted octanol–water partition coefficient (Wildman–Crippen LogP) is 3.53. The van der Waals surface area contributed by atoms with Crippen LogP contribution in [0.3, 0.4) is 0 Å². The molecule has 1 N–H and O–H groups in total. The third-order valence-electron chi connectivity index (χ3n) is 4.06. The number of hydrogen-bond donors (Lipinski definition) is 1. The largest absolute Gasteiger partial charge is 0.401 e. The molecule has 2 unspecified atom stereocenters. The lowest BCUT2D eigenvalue weighted by Crippen LogP contribution is -2.34. The summed E-state index contributed by atoms with van der Waals surface area (Å²) in [5, 5.41) is 3.44. The molecule has 0 aromatic heterocycles. The van der Waals surface area contributed by atoms with Gasteiger partial charge in [-0.05, 0) is 44.8 Å². The first-order valence-electron chi connectivity index (χ1n) is 7.42. The van der Waals surface area contributed by atoms with Crippen molar-refractivity contribution in [1.29, 1.82) is 0 Å². The summed E-state index contributed by atoms with van der Waals surface area (Å²) in [6.45, 7) is 5.21. The molecule has 1 aromatic rings. The highest BCUT2D eigenvalue weighted by Gasteiger charge is 2.34. The fraction of sp³-hybridized carbons (Fsp3) is 0.625. The van der Waals surface area contributed by atoms with Crippen molar-refractivity contribution >= 4 is 0 Å². The van der Waals surface area contributed by atoms with Crippen molar-refractivity contribution in [3.63, 3.8) is 0 Å². The normalized spacial score (nSPS) is 21.7. The summed E-state index contributed by atoms with van der Waals surface area (Å²) in [5.41, 5.74) is 2.44. The third kappa shape index (κ3) is 5.32. The van der Waals surface area contributed by atoms with E-state index in [2.05, 4.69) is 43.4 Å². The van der Waals surface area contributed by atoms with Crippen LogP contribution in [0, 0.1) is 12.8 Å². The number of aryl methyl sites for hydroxylation is 1. The molecule has 0 radical (unpaired) electrons. The van der Waals surface area contributed by atoms with Crippen LogP contribution in [-0.4, -0.2) is 37.3 Å². The molecule has 0 bridgehead atoms. The van der Waals surface area contributed by atoms with Gasteiger partial charge in [-0.1, -0.05) is 29.8 Å². The van der Waals surface area contributed by atoms with Gasteiger partial charge in [0.25, 0.3) is 0 Å². The van der Waals surface area contributed by atoms with Crippen molar-refractivity contribution in [3.05, 3.63) is 35.4 Å². The van der Waals surface area contributed by atoms with Crippen LogP contribution in [0.25, 0.3) is 0 Å².